The van der Waals surface area contributed by atoms with Crippen molar-refractivity contribution in [2.75, 3.05) is 71.0 Å². The van der Waals surface area contributed by atoms with Crippen molar-refractivity contribution in [3.8, 4) is 0 Å². The first-order chi connectivity index (χ1) is 21.2. The molecule has 2 aromatic heterocycles. The van der Waals surface area contributed by atoms with Crippen molar-refractivity contribution in [3.63, 3.8) is 0 Å². The molecule has 1 unspecified atom stereocenters. The number of carbonyl (C=O) groups is 2. The number of piperidine rings is 1. The Bertz CT molecular complexity index is 1240. The highest BCUT2D eigenvalue weighted by atomic mass is 16.5. The van der Waals surface area contributed by atoms with Gasteiger partial charge in [-0.05, 0) is 71.1 Å². The van der Waals surface area contributed by atoms with Crippen LogP contribution >= 0.6 is 0 Å². The molecule has 0 aromatic carbocycles. The van der Waals surface area contributed by atoms with E-state index in [1.807, 2.05) is 22.7 Å². The average Bonchev–Trinajstić information content (AvgIpc) is 3.45. The number of aromatic nitrogens is 4. The minimum Gasteiger partial charge on any atom is -0.383 e. The van der Waals surface area contributed by atoms with Crippen LogP contribution in [0.4, 0.5) is 5.82 Å². The van der Waals surface area contributed by atoms with E-state index < -0.39 is 0 Å². The van der Waals surface area contributed by atoms with Gasteiger partial charge in [-0.15, -0.1) is 0 Å². The van der Waals surface area contributed by atoms with Crippen LogP contribution in [0.3, 0.4) is 0 Å². The minimum absolute atomic E-state index is 0.117. The second kappa shape index (κ2) is 14.5. The van der Waals surface area contributed by atoms with Crippen LogP contribution in [0.15, 0.2) is 12.5 Å². The lowest BCUT2D eigenvalue weighted by atomic mass is 9.80. The Kier molecular flexibility index (Phi) is 10.8. The van der Waals surface area contributed by atoms with Crippen molar-refractivity contribution in [1.82, 2.24) is 34.4 Å². The summed E-state index contributed by atoms with van der Waals surface area (Å²) in [6.07, 6.45) is 10.4. The maximum Gasteiger partial charge on any atom is 0.225 e. The predicted molar refractivity (Wildman–Crippen MR) is 172 cm³/mol. The number of ether oxygens (including phenoxy) is 1. The number of methoxy groups -OCH3 is 1. The molecule has 3 fully saturated rings. The van der Waals surface area contributed by atoms with Crippen LogP contribution in [0.25, 0.3) is 11.0 Å². The highest BCUT2D eigenvalue weighted by Gasteiger charge is 2.33. The number of hydrogen-bond donors (Lipinski definition) is 0. The van der Waals surface area contributed by atoms with Gasteiger partial charge in [0.25, 0.3) is 0 Å². The molecule has 1 atom stereocenters. The standard InChI is InChI=1S/C33H54N8O3/c1-6-29(42)39-13-7-8-26(21-39)23-41-31-28(20-36-41)30(34-24-35-31)37-14-16-38(17-15-37)32(43)27-11-9-25(10-12-27)22-40(18-19-44-5)33(2,3)4/h20,24-27H,6-19,21-23H2,1-5H3. The zero-order valence-corrected chi connectivity index (χ0v) is 27.7. The molecule has 3 aliphatic rings. The van der Waals surface area contributed by atoms with Crippen LogP contribution < -0.4 is 4.90 Å². The maximum absolute atomic E-state index is 13.5. The van der Waals surface area contributed by atoms with Gasteiger partial charge in [0, 0.05) is 83.9 Å². The second-order valence-electron chi connectivity index (χ2n) is 14.1. The summed E-state index contributed by atoms with van der Waals surface area (Å²) >= 11 is 0. The molecule has 244 valence electrons. The van der Waals surface area contributed by atoms with Crippen LogP contribution in [-0.4, -0.2) is 118 Å². The molecule has 2 aromatic rings. The first-order valence-electron chi connectivity index (χ1n) is 16.9. The highest BCUT2D eigenvalue weighted by Crippen LogP contribution is 2.33. The number of fused-ring (bicyclic) bond motifs is 1. The summed E-state index contributed by atoms with van der Waals surface area (Å²) in [6.45, 7) is 16.9. The Balaban J connectivity index is 1.13. The summed E-state index contributed by atoms with van der Waals surface area (Å²) in [5.74, 6) is 2.63. The van der Waals surface area contributed by atoms with Gasteiger partial charge in [-0.25, -0.2) is 14.6 Å². The van der Waals surface area contributed by atoms with Crippen molar-refractivity contribution in [3.05, 3.63) is 12.5 Å². The molecule has 11 heteroatoms. The molecule has 4 heterocycles. The summed E-state index contributed by atoms with van der Waals surface area (Å²) in [5.41, 5.74) is 0.961. The monoisotopic (exact) mass is 610 g/mol. The van der Waals surface area contributed by atoms with Crippen LogP contribution in [0.2, 0.25) is 0 Å². The van der Waals surface area contributed by atoms with Gasteiger partial charge in [-0.1, -0.05) is 6.92 Å². The van der Waals surface area contributed by atoms with Gasteiger partial charge in [0.15, 0.2) is 5.65 Å². The van der Waals surface area contributed by atoms with Crippen LogP contribution in [-0.2, 0) is 20.9 Å². The van der Waals surface area contributed by atoms with E-state index in [0.29, 0.717) is 24.2 Å². The van der Waals surface area contributed by atoms with E-state index in [-0.39, 0.29) is 17.4 Å². The molecular weight excluding hydrogens is 556 g/mol. The Morgan fingerprint density at radius 2 is 1.73 bits per heavy atom. The van der Waals surface area contributed by atoms with E-state index in [4.69, 9.17) is 9.84 Å². The van der Waals surface area contributed by atoms with Crippen LogP contribution in [0.5, 0.6) is 0 Å². The van der Waals surface area contributed by atoms with Crippen LogP contribution in [0, 0.1) is 17.8 Å². The Labute approximate surface area is 263 Å². The van der Waals surface area contributed by atoms with E-state index in [2.05, 4.69) is 45.4 Å². The summed E-state index contributed by atoms with van der Waals surface area (Å²) in [6, 6.07) is 0. The summed E-state index contributed by atoms with van der Waals surface area (Å²) in [7, 11) is 1.77. The van der Waals surface area contributed by atoms with Gasteiger partial charge in [0.1, 0.15) is 12.1 Å². The van der Waals surface area contributed by atoms with Gasteiger partial charge >= 0.3 is 0 Å². The quantitative estimate of drug-likeness (QED) is 0.402. The van der Waals surface area contributed by atoms with E-state index >= 15 is 0 Å². The molecule has 11 nitrogen and oxygen atoms in total. The number of hydrogen-bond acceptors (Lipinski definition) is 8. The first-order valence-corrected chi connectivity index (χ1v) is 16.9. The summed E-state index contributed by atoms with van der Waals surface area (Å²) in [4.78, 5) is 43.9. The van der Waals surface area contributed by atoms with E-state index in [1.165, 1.54) is 0 Å². The van der Waals surface area contributed by atoms with Gasteiger partial charge < -0.3 is 19.4 Å². The molecule has 0 spiro atoms. The Hall–Kier alpha value is -2.79. The van der Waals surface area contributed by atoms with E-state index in [0.717, 1.165) is 121 Å². The molecule has 0 N–H and O–H groups in total. The number of rotatable bonds is 10. The third-order valence-electron chi connectivity index (χ3n) is 10.1. The fourth-order valence-corrected chi connectivity index (χ4v) is 7.38. The predicted octanol–water partition coefficient (Wildman–Crippen LogP) is 3.68. The SMILES string of the molecule is CCC(=O)N1CCCC(Cn2ncc3c(N4CCN(C(=O)C5CCC(CN(CCOC)C(C)(C)C)CC5)CC4)ncnc32)C1. The number of anilines is 1. The van der Waals surface area contributed by atoms with Crippen molar-refractivity contribution in [2.24, 2.45) is 17.8 Å². The van der Waals surface area contributed by atoms with Gasteiger partial charge in [0.05, 0.1) is 18.2 Å². The topological polar surface area (TPSA) is 99.9 Å². The Morgan fingerprint density at radius 3 is 2.41 bits per heavy atom. The molecule has 1 saturated carbocycles. The third-order valence-corrected chi connectivity index (χ3v) is 10.1. The lowest BCUT2D eigenvalue weighted by molar-refractivity contribution is -0.137. The largest absolute Gasteiger partial charge is 0.383 e. The lowest BCUT2D eigenvalue weighted by Gasteiger charge is -2.41. The number of carbonyl (C=O) groups excluding carboxylic acids is 2. The molecule has 5 rings (SSSR count). The smallest absolute Gasteiger partial charge is 0.225 e. The highest BCUT2D eigenvalue weighted by molar-refractivity contribution is 5.87. The normalized spacial score (nSPS) is 23.5. The van der Waals surface area contributed by atoms with Gasteiger partial charge in [-0.2, -0.15) is 5.10 Å². The van der Waals surface area contributed by atoms with Crippen molar-refractivity contribution in [1.29, 1.82) is 0 Å². The maximum atomic E-state index is 13.5. The Morgan fingerprint density at radius 1 is 0.977 bits per heavy atom. The van der Waals surface area contributed by atoms with Crippen molar-refractivity contribution < 1.29 is 14.3 Å². The average molecular weight is 611 g/mol. The number of likely N-dealkylation sites (tertiary alicyclic amines) is 1. The van der Waals surface area contributed by atoms with Gasteiger partial charge in [0.2, 0.25) is 11.8 Å². The number of amides is 2. The van der Waals surface area contributed by atoms with Crippen molar-refractivity contribution in [2.45, 2.75) is 84.7 Å². The fourth-order valence-electron chi connectivity index (χ4n) is 7.38. The lowest BCUT2D eigenvalue weighted by Crippen LogP contribution is -2.51. The number of piperazine rings is 1. The molecule has 2 saturated heterocycles. The third kappa shape index (κ3) is 7.70. The molecule has 0 radical (unpaired) electrons. The molecule has 0 bridgehead atoms. The zero-order valence-electron chi connectivity index (χ0n) is 27.7. The van der Waals surface area contributed by atoms with E-state index in [9.17, 15) is 9.59 Å². The van der Waals surface area contributed by atoms with Crippen LogP contribution in [0.1, 0.15) is 72.6 Å². The fraction of sp³-hybridized carbons (Fsp3) is 0.788. The molecule has 1 aliphatic carbocycles. The van der Waals surface area contributed by atoms with Crippen molar-refractivity contribution >= 4 is 28.7 Å². The molecule has 2 amide bonds. The molecular formula is C33H54N8O3. The zero-order chi connectivity index (χ0) is 31.3. The summed E-state index contributed by atoms with van der Waals surface area (Å²) in [5, 5.41) is 5.66. The summed E-state index contributed by atoms with van der Waals surface area (Å²) < 4.78 is 7.34. The molecule has 2 aliphatic heterocycles. The molecule has 44 heavy (non-hydrogen) atoms. The van der Waals surface area contributed by atoms with E-state index in [1.54, 1.807) is 13.4 Å². The minimum atomic E-state index is 0.117. The van der Waals surface area contributed by atoms with Gasteiger partial charge in [-0.3, -0.25) is 14.5 Å². The second-order valence-corrected chi connectivity index (χ2v) is 14.1. The first kappa shape index (κ1) is 32.6. The number of nitrogens with zero attached hydrogens (tertiary/aromatic N) is 8.